The second kappa shape index (κ2) is 8.46. The van der Waals surface area contributed by atoms with Crippen LogP contribution in [0, 0.1) is 6.92 Å². The number of benzene rings is 1. The van der Waals surface area contributed by atoms with Crippen LogP contribution in [0.15, 0.2) is 24.3 Å². The first-order valence-corrected chi connectivity index (χ1v) is 8.33. The van der Waals surface area contributed by atoms with Crippen molar-refractivity contribution in [2.75, 3.05) is 0 Å². The normalized spacial score (nSPS) is 10.9. The van der Waals surface area contributed by atoms with Crippen LogP contribution < -0.4 is 0 Å². The van der Waals surface area contributed by atoms with Crippen LogP contribution in [0.5, 0.6) is 0 Å². The van der Waals surface area contributed by atoms with E-state index in [1.165, 1.54) is 24.0 Å². The predicted octanol–water partition coefficient (Wildman–Crippen LogP) is 3.65. The fourth-order valence-corrected chi connectivity index (χ4v) is 2.63. The van der Waals surface area contributed by atoms with Gasteiger partial charge in [0.15, 0.2) is 5.69 Å². The molecule has 0 amide bonds. The Morgan fingerprint density at radius 1 is 1.13 bits per heavy atom. The van der Waals surface area contributed by atoms with E-state index in [9.17, 15) is 9.90 Å². The van der Waals surface area contributed by atoms with Crippen molar-refractivity contribution in [3.63, 3.8) is 0 Å². The summed E-state index contributed by atoms with van der Waals surface area (Å²) in [6, 6.07) is 8.33. The minimum Gasteiger partial charge on any atom is -0.476 e. The Morgan fingerprint density at radius 2 is 1.87 bits per heavy atom. The van der Waals surface area contributed by atoms with Crippen molar-refractivity contribution >= 4 is 5.97 Å². The zero-order valence-corrected chi connectivity index (χ0v) is 14.0. The third-order valence-corrected chi connectivity index (χ3v) is 4.03. The van der Waals surface area contributed by atoms with Gasteiger partial charge < -0.3 is 5.11 Å². The molecule has 0 radical (unpaired) electrons. The van der Waals surface area contributed by atoms with Crippen molar-refractivity contribution < 1.29 is 9.90 Å². The fourth-order valence-electron chi connectivity index (χ4n) is 2.63. The Kier molecular flexibility index (Phi) is 6.32. The number of carboxylic acid groups (broad SMARTS) is 1. The number of aromatic carboxylic acids is 1. The highest BCUT2D eigenvalue weighted by molar-refractivity contribution is 5.86. The molecule has 5 nitrogen and oxygen atoms in total. The smallest absolute Gasteiger partial charge is 0.358 e. The lowest BCUT2D eigenvalue weighted by atomic mass is 10.1. The molecular weight excluding hydrogens is 290 g/mol. The van der Waals surface area contributed by atoms with Gasteiger partial charge in [-0.15, -0.1) is 5.10 Å². The molecule has 0 saturated carbocycles. The molecule has 23 heavy (non-hydrogen) atoms. The van der Waals surface area contributed by atoms with Crippen molar-refractivity contribution in [3.8, 4) is 0 Å². The minimum atomic E-state index is -0.997. The van der Waals surface area contributed by atoms with Gasteiger partial charge in [-0.05, 0) is 31.7 Å². The summed E-state index contributed by atoms with van der Waals surface area (Å²) in [5.74, 6) is -0.997. The summed E-state index contributed by atoms with van der Waals surface area (Å²) in [7, 11) is 0. The number of rotatable bonds is 9. The number of unbranched alkanes of at least 4 members (excludes halogenated alkanes) is 3. The van der Waals surface area contributed by atoms with Crippen molar-refractivity contribution in [3.05, 3.63) is 46.8 Å². The second-order valence-electron chi connectivity index (χ2n) is 5.96. The molecule has 1 N–H and O–H groups in total. The first-order chi connectivity index (χ1) is 11.1. The number of carboxylic acids is 1. The SMILES string of the molecule is CCCCCCn1nnc(C(=O)O)c1CCc1ccc(C)cc1. The molecule has 0 aliphatic heterocycles. The third-order valence-electron chi connectivity index (χ3n) is 4.03. The molecule has 0 aliphatic carbocycles. The molecule has 2 rings (SSSR count). The topological polar surface area (TPSA) is 68.0 Å². The highest BCUT2D eigenvalue weighted by Gasteiger charge is 2.18. The lowest BCUT2D eigenvalue weighted by Crippen LogP contribution is -2.10. The second-order valence-corrected chi connectivity index (χ2v) is 5.96. The quantitative estimate of drug-likeness (QED) is 0.717. The number of hydrogen-bond acceptors (Lipinski definition) is 3. The molecule has 0 atom stereocenters. The monoisotopic (exact) mass is 315 g/mol. The van der Waals surface area contributed by atoms with Gasteiger partial charge in [-0.3, -0.25) is 0 Å². The van der Waals surface area contributed by atoms with Crippen LogP contribution in [0.1, 0.15) is 59.9 Å². The molecule has 1 aromatic carbocycles. The summed E-state index contributed by atoms with van der Waals surface area (Å²) >= 11 is 0. The Labute approximate surface area is 137 Å². The van der Waals surface area contributed by atoms with Gasteiger partial charge in [-0.2, -0.15) is 0 Å². The Bertz CT molecular complexity index is 632. The molecule has 124 valence electrons. The van der Waals surface area contributed by atoms with Crippen LogP contribution in [0.2, 0.25) is 0 Å². The van der Waals surface area contributed by atoms with Gasteiger partial charge in [0.25, 0.3) is 0 Å². The van der Waals surface area contributed by atoms with Gasteiger partial charge in [0.1, 0.15) is 0 Å². The molecule has 5 heteroatoms. The summed E-state index contributed by atoms with van der Waals surface area (Å²) in [6.45, 7) is 4.97. The first kappa shape index (κ1) is 17.2. The molecule has 2 aromatic rings. The predicted molar refractivity (Wildman–Crippen MR) is 89.7 cm³/mol. The average Bonchev–Trinajstić information content (AvgIpc) is 2.94. The standard InChI is InChI=1S/C18H25N3O2/c1-3-4-5-6-13-21-16(17(18(22)23)19-20-21)12-11-15-9-7-14(2)8-10-15/h7-10H,3-6,11-13H2,1-2H3,(H,22,23). The van der Waals surface area contributed by atoms with Crippen LogP contribution in [-0.4, -0.2) is 26.1 Å². The van der Waals surface area contributed by atoms with Gasteiger partial charge in [0.2, 0.25) is 0 Å². The molecule has 1 aromatic heterocycles. The van der Waals surface area contributed by atoms with E-state index in [1.54, 1.807) is 4.68 Å². The lowest BCUT2D eigenvalue weighted by Gasteiger charge is -2.07. The van der Waals surface area contributed by atoms with Gasteiger partial charge in [-0.1, -0.05) is 61.2 Å². The maximum absolute atomic E-state index is 11.4. The van der Waals surface area contributed by atoms with Crippen molar-refractivity contribution in [1.82, 2.24) is 15.0 Å². The van der Waals surface area contributed by atoms with E-state index in [-0.39, 0.29) is 5.69 Å². The van der Waals surface area contributed by atoms with E-state index in [4.69, 9.17) is 0 Å². The molecule has 0 bridgehead atoms. The van der Waals surface area contributed by atoms with Crippen molar-refractivity contribution in [2.24, 2.45) is 0 Å². The maximum Gasteiger partial charge on any atom is 0.358 e. The zero-order chi connectivity index (χ0) is 16.7. The summed E-state index contributed by atoms with van der Waals surface area (Å²) in [5, 5.41) is 17.2. The number of aryl methyl sites for hydroxylation is 3. The third kappa shape index (κ3) is 4.91. The largest absolute Gasteiger partial charge is 0.476 e. The molecule has 0 unspecified atom stereocenters. The van der Waals surface area contributed by atoms with Crippen LogP contribution in [0.25, 0.3) is 0 Å². The van der Waals surface area contributed by atoms with Crippen LogP contribution >= 0.6 is 0 Å². The Morgan fingerprint density at radius 3 is 2.52 bits per heavy atom. The van der Waals surface area contributed by atoms with E-state index < -0.39 is 5.97 Å². The van der Waals surface area contributed by atoms with Crippen molar-refractivity contribution in [1.29, 1.82) is 0 Å². The Balaban J connectivity index is 2.06. The zero-order valence-electron chi connectivity index (χ0n) is 14.0. The van der Waals surface area contributed by atoms with E-state index >= 15 is 0 Å². The summed E-state index contributed by atoms with van der Waals surface area (Å²) in [5.41, 5.74) is 3.25. The fraction of sp³-hybridized carbons (Fsp3) is 0.500. The lowest BCUT2D eigenvalue weighted by molar-refractivity contribution is 0.0689. The van der Waals surface area contributed by atoms with E-state index in [2.05, 4.69) is 48.4 Å². The summed E-state index contributed by atoms with van der Waals surface area (Å²) in [6.07, 6.45) is 5.95. The molecule has 0 fully saturated rings. The molecule has 0 aliphatic rings. The first-order valence-electron chi connectivity index (χ1n) is 8.33. The molecule has 0 spiro atoms. The van der Waals surface area contributed by atoms with Gasteiger partial charge in [0, 0.05) is 6.54 Å². The highest BCUT2D eigenvalue weighted by atomic mass is 16.4. The number of carbonyl (C=O) groups is 1. The highest BCUT2D eigenvalue weighted by Crippen LogP contribution is 2.13. The molecule has 1 heterocycles. The van der Waals surface area contributed by atoms with Gasteiger partial charge >= 0.3 is 5.97 Å². The van der Waals surface area contributed by atoms with Crippen LogP contribution in [0.3, 0.4) is 0 Å². The van der Waals surface area contributed by atoms with E-state index in [0.717, 1.165) is 31.5 Å². The number of aromatic nitrogens is 3. The summed E-state index contributed by atoms with van der Waals surface area (Å²) in [4.78, 5) is 11.4. The van der Waals surface area contributed by atoms with Crippen molar-refractivity contribution in [2.45, 2.75) is 58.9 Å². The number of nitrogens with zero attached hydrogens (tertiary/aromatic N) is 3. The average molecular weight is 315 g/mol. The van der Waals surface area contributed by atoms with Gasteiger partial charge in [-0.25, -0.2) is 9.48 Å². The van der Waals surface area contributed by atoms with Gasteiger partial charge in [0.05, 0.1) is 5.69 Å². The molecule has 0 saturated heterocycles. The minimum absolute atomic E-state index is 0.0904. The van der Waals surface area contributed by atoms with Crippen LogP contribution in [0.4, 0.5) is 0 Å². The van der Waals surface area contributed by atoms with Crippen LogP contribution in [-0.2, 0) is 19.4 Å². The Hall–Kier alpha value is -2.17. The summed E-state index contributed by atoms with van der Waals surface area (Å²) < 4.78 is 1.77. The maximum atomic E-state index is 11.4. The number of hydrogen-bond donors (Lipinski definition) is 1. The molecular formula is C18H25N3O2. The van der Waals surface area contributed by atoms with E-state index in [1.807, 2.05) is 0 Å². The van der Waals surface area contributed by atoms with E-state index in [0.29, 0.717) is 6.42 Å².